The Morgan fingerprint density at radius 1 is 1.03 bits per heavy atom. The summed E-state index contributed by atoms with van der Waals surface area (Å²) in [6, 6.07) is 16.4. The summed E-state index contributed by atoms with van der Waals surface area (Å²) in [6.07, 6.45) is 1.39. The van der Waals surface area contributed by atoms with Gasteiger partial charge in [-0.15, -0.1) is 0 Å². The van der Waals surface area contributed by atoms with Crippen LogP contribution in [0.3, 0.4) is 0 Å². The van der Waals surface area contributed by atoms with Crippen molar-refractivity contribution in [1.82, 2.24) is 5.43 Å². The highest BCUT2D eigenvalue weighted by Crippen LogP contribution is 2.29. The largest absolute Gasteiger partial charge is 0.493 e. The van der Waals surface area contributed by atoms with Gasteiger partial charge in [0.2, 0.25) is 0 Å². The van der Waals surface area contributed by atoms with Crippen molar-refractivity contribution in [3.05, 3.63) is 94.3 Å². The normalized spacial score (nSPS) is 10.6. The number of ether oxygens (including phenoxy) is 2. The van der Waals surface area contributed by atoms with Gasteiger partial charge < -0.3 is 9.47 Å². The van der Waals surface area contributed by atoms with Gasteiger partial charge in [0.05, 0.1) is 23.9 Å². The number of hydrogen-bond donors (Lipinski definition) is 1. The highest BCUT2D eigenvalue weighted by atomic mass is 35.5. The minimum Gasteiger partial charge on any atom is -0.493 e. The molecule has 8 heteroatoms. The van der Waals surface area contributed by atoms with Crippen molar-refractivity contribution < 1.29 is 23.5 Å². The number of esters is 1. The highest BCUT2D eigenvalue weighted by Gasteiger charge is 2.15. The molecular weight excluding hydrogens is 411 g/mol. The first-order chi connectivity index (χ1) is 14.5. The Morgan fingerprint density at radius 3 is 2.47 bits per heavy atom. The lowest BCUT2D eigenvalue weighted by atomic mass is 10.2. The van der Waals surface area contributed by atoms with Crippen molar-refractivity contribution in [2.75, 3.05) is 7.11 Å². The second kappa shape index (κ2) is 9.67. The van der Waals surface area contributed by atoms with Crippen LogP contribution >= 0.6 is 11.6 Å². The van der Waals surface area contributed by atoms with Gasteiger partial charge in [0.15, 0.2) is 11.5 Å². The smallest absolute Gasteiger partial charge is 0.345 e. The van der Waals surface area contributed by atoms with Gasteiger partial charge in [-0.2, -0.15) is 5.10 Å². The van der Waals surface area contributed by atoms with E-state index in [1.807, 2.05) is 0 Å². The summed E-state index contributed by atoms with van der Waals surface area (Å²) in [5.41, 5.74) is 3.44. The van der Waals surface area contributed by atoms with Gasteiger partial charge in [-0.25, -0.2) is 14.6 Å². The zero-order valence-corrected chi connectivity index (χ0v) is 16.5. The van der Waals surface area contributed by atoms with Crippen LogP contribution in [0.1, 0.15) is 26.3 Å². The zero-order chi connectivity index (χ0) is 21.5. The number of methoxy groups -OCH3 is 1. The predicted molar refractivity (Wildman–Crippen MR) is 111 cm³/mol. The lowest BCUT2D eigenvalue weighted by molar-refractivity contribution is 0.0729. The molecule has 6 nitrogen and oxygen atoms in total. The first kappa shape index (κ1) is 21.0. The minimum atomic E-state index is -0.619. The average molecular weight is 427 g/mol. The molecule has 0 radical (unpaired) electrons. The van der Waals surface area contributed by atoms with Crippen LogP contribution in [0.15, 0.2) is 71.8 Å². The summed E-state index contributed by atoms with van der Waals surface area (Å²) in [5, 5.41) is 4.15. The fourth-order valence-corrected chi connectivity index (χ4v) is 2.67. The number of halogens is 2. The fourth-order valence-electron chi connectivity index (χ4n) is 2.46. The van der Waals surface area contributed by atoms with E-state index in [0.717, 1.165) is 0 Å². The van der Waals surface area contributed by atoms with Crippen LogP contribution in [-0.2, 0) is 0 Å². The van der Waals surface area contributed by atoms with Crippen molar-refractivity contribution in [3.8, 4) is 11.5 Å². The molecule has 0 atom stereocenters. The van der Waals surface area contributed by atoms with E-state index in [4.69, 9.17) is 21.1 Å². The molecule has 3 aromatic carbocycles. The van der Waals surface area contributed by atoms with Crippen LogP contribution in [0.4, 0.5) is 4.39 Å². The van der Waals surface area contributed by atoms with Crippen LogP contribution in [0.2, 0.25) is 5.02 Å². The molecular formula is C22H16ClFN2O4. The molecule has 0 aliphatic rings. The second-order valence-electron chi connectivity index (χ2n) is 5.99. The number of hydrazone groups is 1. The van der Waals surface area contributed by atoms with Crippen molar-refractivity contribution >= 4 is 29.7 Å². The Hall–Kier alpha value is -3.71. The molecule has 0 heterocycles. The van der Waals surface area contributed by atoms with Gasteiger partial charge in [0, 0.05) is 5.56 Å². The first-order valence-electron chi connectivity index (χ1n) is 8.71. The summed E-state index contributed by atoms with van der Waals surface area (Å²) in [7, 11) is 1.43. The van der Waals surface area contributed by atoms with E-state index in [0.29, 0.717) is 11.3 Å². The van der Waals surface area contributed by atoms with Crippen LogP contribution in [-0.4, -0.2) is 25.2 Å². The number of amides is 1. The Bertz CT molecular complexity index is 1100. The van der Waals surface area contributed by atoms with Gasteiger partial charge in [-0.1, -0.05) is 23.7 Å². The Morgan fingerprint density at radius 2 is 1.77 bits per heavy atom. The maximum Gasteiger partial charge on any atom is 0.345 e. The molecule has 3 aromatic rings. The van der Waals surface area contributed by atoms with E-state index in [9.17, 15) is 14.0 Å². The first-order valence-corrected chi connectivity index (χ1v) is 9.09. The summed E-state index contributed by atoms with van der Waals surface area (Å²) >= 11 is 6.02. The van der Waals surface area contributed by atoms with E-state index in [-0.39, 0.29) is 21.9 Å². The van der Waals surface area contributed by atoms with Crippen LogP contribution < -0.4 is 14.9 Å². The van der Waals surface area contributed by atoms with E-state index in [1.165, 1.54) is 43.7 Å². The molecule has 0 bridgehead atoms. The molecule has 30 heavy (non-hydrogen) atoms. The number of benzene rings is 3. The van der Waals surface area contributed by atoms with Gasteiger partial charge in [-0.3, -0.25) is 4.79 Å². The zero-order valence-electron chi connectivity index (χ0n) is 15.8. The Balaban J connectivity index is 1.68. The summed E-state index contributed by atoms with van der Waals surface area (Å²) in [4.78, 5) is 24.3. The van der Waals surface area contributed by atoms with Crippen molar-refractivity contribution in [2.45, 2.75) is 0 Å². The predicted octanol–water partition coefficient (Wildman–Crippen LogP) is 4.47. The highest BCUT2D eigenvalue weighted by molar-refractivity contribution is 6.33. The number of carbonyl (C=O) groups excluding carboxylic acids is 2. The number of nitrogens with zero attached hydrogens (tertiary/aromatic N) is 1. The lowest BCUT2D eigenvalue weighted by Gasteiger charge is -2.10. The molecule has 152 valence electrons. The van der Waals surface area contributed by atoms with E-state index in [2.05, 4.69) is 10.5 Å². The Kier molecular flexibility index (Phi) is 6.77. The van der Waals surface area contributed by atoms with Crippen molar-refractivity contribution in [2.24, 2.45) is 5.10 Å². The van der Waals surface area contributed by atoms with E-state index in [1.54, 1.807) is 36.4 Å². The molecule has 0 spiro atoms. The minimum absolute atomic E-state index is 0.204. The number of nitrogens with one attached hydrogen (secondary N) is 1. The monoisotopic (exact) mass is 426 g/mol. The van der Waals surface area contributed by atoms with Crippen molar-refractivity contribution in [3.63, 3.8) is 0 Å². The third-order valence-electron chi connectivity index (χ3n) is 3.97. The summed E-state index contributed by atoms with van der Waals surface area (Å²) in [5.74, 6) is -1.04. The van der Waals surface area contributed by atoms with Gasteiger partial charge in [-0.05, 0) is 60.2 Å². The van der Waals surface area contributed by atoms with Crippen LogP contribution in [0.5, 0.6) is 11.5 Å². The molecule has 1 amide bonds. The molecule has 0 fully saturated rings. The summed E-state index contributed by atoms with van der Waals surface area (Å²) in [6.45, 7) is 0. The second-order valence-corrected chi connectivity index (χ2v) is 6.39. The number of carbonyl (C=O) groups is 2. The molecule has 0 aliphatic heterocycles. The van der Waals surface area contributed by atoms with Gasteiger partial charge in [0.25, 0.3) is 5.91 Å². The SMILES string of the molecule is COc1cc(/C=N\NC(=O)c2ccc(F)cc2)ccc1OC(=O)c1ccccc1Cl. The molecule has 1 N–H and O–H groups in total. The van der Waals surface area contributed by atoms with E-state index < -0.39 is 17.7 Å². The lowest BCUT2D eigenvalue weighted by Crippen LogP contribution is -2.17. The third-order valence-corrected chi connectivity index (χ3v) is 4.30. The topological polar surface area (TPSA) is 77.0 Å². The summed E-state index contributed by atoms with van der Waals surface area (Å²) < 4.78 is 23.6. The fraction of sp³-hybridized carbons (Fsp3) is 0.0455. The molecule has 0 unspecified atom stereocenters. The average Bonchev–Trinajstić information content (AvgIpc) is 2.75. The Labute approximate surface area is 176 Å². The van der Waals surface area contributed by atoms with Gasteiger partial charge >= 0.3 is 5.97 Å². The quantitative estimate of drug-likeness (QED) is 0.273. The van der Waals surface area contributed by atoms with Crippen LogP contribution in [0.25, 0.3) is 0 Å². The number of hydrogen-bond acceptors (Lipinski definition) is 5. The molecule has 3 rings (SSSR count). The third kappa shape index (κ3) is 5.21. The van der Waals surface area contributed by atoms with Crippen LogP contribution in [0, 0.1) is 5.82 Å². The van der Waals surface area contributed by atoms with E-state index >= 15 is 0 Å². The maximum atomic E-state index is 12.9. The molecule has 0 aliphatic carbocycles. The standard InChI is InChI=1S/C22H16ClFN2O4/c1-29-20-12-14(13-25-26-21(27)15-7-9-16(24)10-8-15)6-11-19(20)30-22(28)17-4-2-3-5-18(17)23/h2-13H,1H3,(H,26,27)/b25-13-. The number of rotatable bonds is 6. The van der Waals surface area contributed by atoms with Crippen molar-refractivity contribution in [1.29, 1.82) is 0 Å². The van der Waals surface area contributed by atoms with Gasteiger partial charge in [0.1, 0.15) is 5.82 Å². The molecule has 0 saturated heterocycles. The maximum absolute atomic E-state index is 12.9. The molecule has 0 aromatic heterocycles. The molecule has 0 saturated carbocycles.